The Morgan fingerprint density at radius 1 is 1.41 bits per heavy atom. The second-order valence-corrected chi connectivity index (χ2v) is 7.02. The first-order valence-corrected chi connectivity index (χ1v) is 7.52. The summed E-state index contributed by atoms with van der Waals surface area (Å²) in [5, 5.41) is 9.07. The van der Waals surface area contributed by atoms with Crippen LogP contribution in [0.15, 0.2) is 31.9 Å². The first-order chi connectivity index (χ1) is 8.06. The summed E-state index contributed by atoms with van der Waals surface area (Å²) in [7, 11) is 0. The van der Waals surface area contributed by atoms with Gasteiger partial charge in [0.15, 0.2) is 4.34 Å². The number of benzene rings is 1. The zero-order chi connectivity index (χ0) is 12.4. The van der Waals surface area contributed by atoms with Gasteiger partial charge in [-0.05, 0) is 31.5 Å². The van der Waals surface area contributed by atoms with Crippen LogP contribution in [0, 0.1) is 6.92 Å². The van der Waals surface area contributed by atoms with Crippen LogP contribution in [0.5, 0.6) is 0 Å². The van der Waals surface area contributed by atoms with Gasteiger partial charge in [0.1, 0.15) is 5.01 Å². The molecule has 1 heterocycles. The van der Waals surface area contributed by atoms with Crippen LogP contribution in [-0.2, 0) is 0 Å². The van der Waals surface area contributed by atoms with Crippen molar-refractivity contribution in [2.75, 3.05) is 0 Å². The van der Waals surface area contributed by atoms with E-state index in [9.17, 15) is 0 Å². The van der Waals surface area contributed by atoms with E-state index in [1.54, 1.807) is 23.1 Å². The third-order valence-corrected chi connectivity index (χ3v) is 4.74. The van der Waals surface area contributed by atoms with E-state index in [-0.39, 0.29) is 6.04 Å². The fourth-order valence-electron chi connectivity index (χ4n) is 1.36. The van der Waals surface area contributed by atoms with Gasteiger partial charge in [-0.1, -0.05) is 45.1 Å². The minimum atomic E-state index is 0.0344. The van der Waals surface area contributed by atoms with Gasteiger partial charge >= 0.3 is 0 Å². The fourth-order valence-corrected chi connectivity index (χ4v) is 4.08. The zero-order valence-electron chi connectivity index (χ0n) is 9.48. The molecule has 0 spiro atoms. The molecule has 0 aliphatic heterocycles. The van der Waals surface area contributed by atoms with E-state index < -0.39 is 0 Å². The average molecular weight is 330 g/mol. The fraction of sp³-hybridized carbons (Fsp3) is 0.273. The summed E-state index contributed by atoms with van der Waals surface area (Å²) in [4.78, 5) is 1.14. The third-order valence-electron chi connectivity index (χ3n) is 2.18. The maximum atomic E-state index is 5.86. The predicted octanol–water partition coefficient (Wildman–Crippen LogP) is 3.78. The molecule has 1 aromatic heterocycles. The Morgan fingerprint density at radius 2 is 2.18 bits per heavy atom. The van der Waals surface area contributed by atoms with Gasteiger partial charge in [-0.25, -0.2) is 0 Å². The Hall–Kier alpha value is -0.430. The largest absolute Gasteiger partial charge is 0.324 e. The highest BCUT2D eigenvalue weighted by atomic mass is 79.9. The van der Waals surface area contributed by atoms with Gasteiger partial charge in [0.2, 0.25) is 0 Å². The molecule has 0 saturated heterocycles. The Bertz CT molecular complexity index is 525. The molecular weight excluding hydrogens is 318 g/mol. The molecular formula is C11H12BrN3S2. The lowest BCUT2D eigenvalue weighted by Crippen LogP contribution is -2.05. The molecule has 0 amide bonds. The Kier molecular flexibility index (Phi) is 4.19. The lowest BCUT2D eigenvalue weighted by atomic mass is 10.1. The number of nitrogens with two attached hydrogens (primary N) is 1. The molecule has 2 aromatic rings. The van der Waals surface area contributed by atoms with Gasteiger partial charge < -0.3 is 5.73 Å². The Balaban J connectivity index is 2.20. The van der Waals surface area contributed by atoms with Crippen molar-refractivity contribution in [2.24, 2.45) is 5.73 Å². The highest BCUT2D eigenvalue weighted by Crippen LogP contribution is 2.33. The molecule has 3 nitrogen and oxygen atoms in total. The van der Waals surface area contributed by atoms with Crippen LogP contribution in [-0.4, -0.2) is 10.2 Å². The number of aryl methyl sites for hydroxylation is 1. The summed E-state index contributed by atoms with van der Waals surface area (Å²) in [6.45, 7) is 3.93. The van der Waals surface area contributed by atoms with E-state index in [4.69, 9.17) is 5.73 Å². The van der Waals surface area contributed by atoms with E-state index in [1.165, 1.54) is 0 Å². The Labute approximate surface area is 117 Å². The summed E-state index contributed by atoms with van der Waals surface area (Å²) < 4.78 is 2.00. The van der Waals surface area contributed by atoms with Crippen molar-refractivity contribution in [3.05, 3.63) is 33.2 Å². The third kappa shape index (κ3) is 3.28. The van der Waals surface area contributed by atoms with Crippen molar-refractivity contribution in [1.29, 1.82) is 0 Å². The monoisotopic (exact) mass is 329 g/mol. The van der Waals surface area contributed by atoms with Crippen LogP contribution in [0.4, 0.5) is 0 Å². The van der Waals surface area contributed by atoms with Crippen LogP contribution >= 0.6 is 39.0 Å². The minimum absolute atomic E-state index is 0.0344. The molecule has 0 bridgehead atoms. The molecule has 1 aromatic carbocycles. The van der Waals surface area contributed by atoms with E-state index in [0.29, 0.717) is 0 Å². The molecule has 0 unspecified atom stereocenters. The lowest BCUT2D eigenvalue weighted by Gasteiger charge is -2.09. The molecule has 0 radical (unpaired) electrons. The summed E-state index contributed by atoms with van der Waals surface area (Å²) in [6, 6.07) is 6.21. The molecule has 0 saturated carbocycles. The van der Waals surface area contributed by atoms with Gasteiger partial charge in [-0.15, -0.1) is 10.2 Å². The minimum Gasteiger partial charge on any atom is -0.324 e. The maximum absolute atomic E-state index is 5.86. The van der Waals surface area contributed by atoms with E-state index >= 15 is 0 Å². The number of nitrogens with zero attached hydrogens (tertiary/aromatic N) is 2. The molecule has 2 rings (SSSR count). The topological polar surface area (TPSA) is 51.8 Å². The first-order valence-electron chi connectivity index (χ1n) is 5.09. The first kappa shape index (κ1) is 13.0. The Morgan fingerprint density at radius 3 is 2.71 bits per heavy atom. The van der Waals surface area contributed by atoms with Crippen LogP contribution in [0.25, 0.3) is 0 Å². The van der Waals surface area contributed by atoms with Crippen LogP contribution in [0.3, 0.4) is 0 Å². The zero-order valence-corrected chi connectivity index (χ0v) is 12.7. The van der Waals surface area contributed by atoms with Gasteiger partial charge in [0.25, 0.3) is 0 Å². The number of aromatic nitrogens is 2. The van der Waals surface area contributed by atoms with Crippen molar-refractivity contribution in [3.8, 4) is 0 Å². The van der Waals surface area contributed by atoms with Crippen molar-refractivity contribution in [1.82, 2.24) is 10.2 Å². The molecule has 17 heavy (non-hydrogen) atoms. The van der Waals surface area contributed by atoms with E-state index in [1.807, 2.05) is 19.9 Å². The standard InChI is InChI=1S/C11H12BrN3S2/c1-6(13)9-4-3-8(5-10(9)12)17-11-15-14-7(2)16-11/h3-6H,13H2,1-2H3/t6-/m1/s1. The molecule has 0 aliphatic carbocycles. The highest BCUT2D eigenvalue weighted by Gasteiger charge is 2.08. The van der Waals surface area contributed by atoms with Crippen LogP contribution in [0.2, 0.25) is 0 Å². The smallest absolute Gasteiger partial charge is 0.179 e. The summed E-state index contributed by atoms with van der Waals surface area (Å²) in [5.74, 6) is 0. The van der Waals surface area contributed by atoms with Crippen LogP contribution < -0.4 is 5.73 Å². The van der Waals surface area contributed by atoms with Crippen molar-refractivity contribution in [3.63, 3.8) is 0 Å². The lowest BCUT2D eigenvalue weighted by molar-refractivity contribution is 0.811. The highest BCUT2D eigenvalue weighted by molar-refractivity contribution is 9.10. The van der Waals surface area contributed by atoms with Crippen molar-refractivity contribution in [2.45, 2.75) is 29.1 Å². The second-order valence-electron chi connectivity index (χ2n) is 3.66. The average Bonchev–Trinajstić information content (AvgIpc) is 2.63. The van der Waals surface area contributed by atoms with E-state index in [2.05, 4.69) is 38.3 Å². The van der Waals surface area contributed by atoms with Crippen LogP contribution in [0.1, 0.15) is 23.5 Å². The molecule has 0 aliphatic rings. The predicted molar refractivity (Wildman–Crippen MR) is 75.5 cm³/mol. The molecule has 0 fully saturated rings. The number of hydrogen-bond acceptors (Lipinski definition) is 5. The van der Waals surface area contributed by atoms with Crippen molar-refractivity contribution >= 4 is 39.0 Å². The van der Waals surface area contributed by atoms with Gasteiger partial charge in [0.05, 0.1) is 0 Å². The molecule has 6 heteroatoms. The molecule has 90 valence electrons. The molecule has 1 atom stereocenters. The number of halogens is 1. The summed E-state index contributed by atoms with van der Waals surface area (Å²) in [6.07, 6.45) is 0. The summed E-state index contributed by atoms with van der Waals surface area (Å²) >= 11 is 6.76. The number of rotatable bonds is 3. The number of hydrogen-bond donors (Lipinski definition) is 1. The SMILES string of the molecule is Cc1nnc(Sc2ccc([C@@H](C)N)c(Br)c2)s1. The van der Waals surface area contributed by atoms with E-state index in [0.717, 1.165) is 24.3 Å². The quantitative estimate of drug-likeness (QED) is 0.930. The maximum Gasteiger partial charge on any atom is 0.179 e. The van der Waals surface area contributed by atoms with Gasteiger partial charge in [-0.2, -0.15) is 0 Å². The second kappa shape index (κ2) is 5.48. The normalized spacial score (nSPS) is 12.7. The summed E-state index contributed by atoms with van der Waals surface area (Å²) in [5.41, 5.74) is 6.98. The molecule has 2 N–H and O–H groups in total. The van der Waals surface area contributed by atoms with Gasteiger partial charge in [0, 0.05) is 15.4 Å². The van der Waals surface area contributed by atoms with Gasteiger partial charge in [-0.3, -0.25) is 0 Å². The van der Waals surface area contributed by atoms with Crippen molar-refractivity contribution < 1.29 is 0 Å².